The average molecular weight is 428 g/mol. The number of ether oxygens (including phenoxy) is 1. The molecule has 0 saturated heterocycles. The predicted octanol–water partition coefficient (Wildman–Crippen LogP) is 5.95. The molecule has 4 rings (SSSR count). The Kier molecular flexibility index (Phi) is 5.81. The zero-order chi connectivity index (χ0) is 22.7. The van der Waals surface area contributed by atoms with Gasteiger partial charge in [-0.2, -0.15) is 0 Å². The van der Waals surface area contributed by atoms with Gasteiger partial charge in [0.05, 0.1) is 22.2 Å². The minimum Gasteiger partial charge on any atom is -0.491 e. The van der Waals surface area contributed by atoms with E-state index in [1.807, 2.05) is 19.9 Å². The molecule has 4 aromatic rings. The van der Waals surface area contributed by atoms with Crippen molar-refractivity contribution in [3.8, 4) is 5.75 Å². The van der Waals surface area contributed by atoms with E-state index in [0.29, 0.717) is 22.4 Å². The number of allylic oxidation sites excluding steroid dienone is 1. The largest absolute Gasteiger partial charge is 0.491 e. The predicted molar refractivity (Wildman–Crippen MR) is 122 cm³/mol. The van der Waals surface area contributed by atoms with E-state index in [9.17, 15) is 14.9 Å². The summed E-state index contributed by atoms with van der Waals surface area (Å²) in [5.41, 5.74) is 1.77. The molecule has 0 aliphatic rings. The molecule has 0 fully saturated rings. The Hall–Kier alpha value is -4.26. The SMILES string of the molecule is CC(C)Oc1ccc(C(=O)/C(=C/c2ccccc2[N+](=O)[O-])c2nc3ccccc3o2)cc1. The van der Waals surface area contributed by atoms with Crippen molar-refractivity contribution in [3.05, 3.63) is 99.9 Å². The molecule has 0 aliphatic carbocycles. The number of oxazole rings is 1. The number of fused-ring (bicyclic) bond motifs is 1. The number of carbonyl (C=O) groups excluding carboxylic acids is 1. The number of para-hydroxylation sites is 3. The Morgan fingerprint density at radius 3 is 2.41 bits per heavy atom. The van der Waals surface area contributed by atoms with Crippen LogP contribution < -0.4 is 4.74 Å². The summed E-state index contributed by atoms with van der Waals surface area (Å²) >= 11 is 0. The zero-order valence-electron chi connectivity index (χ0n) is 17.5. The van der Waals surface area contributed by atoms with Gasteiger partial charge >= 0.3 is 0 Å². The maximum absolute atomic E-state index is 13.5. The van der Waals surface area contributed by atoms with Gasteiger partial charge in [0, 0.05) is 11.6 Å². The van der Waals surface area contributed by atoms with Crippen LogP contribution in [0.2, 0.25) is 0 Å². The van der Waals surface area contributed by atoms with Crippen molar-refractivity contribution in [2.24, 2.45) is 0 Å². The Morgan fingerprint density at radius 2 is 1.72 bits per heavy atom. The number of Topliss-reactive ketones (excluding diaryl/α,β-unsaturated/α-hetero) is 1. The van der Waals surface area contributed by atoms with Crippen LogP contribution >= 0.6 is 0 Å². The van der Waals surface area contributed by atoms with Gasteiger partial charge in [0.2, 0.25) is 5.89 Å². The van der Waals surface area contributed by atoms with Crippen LogP contribution in [0.1, 0.15) is 35.7 Å². The molecule has 0 saturated carbocycles. The molecule has 32 heavy (non-hydrogen) atoms. The number of carbonyl (C=O) groups is 1. The van der Waals surface area contributed by atoms with Crippen molar-refractivity contribution in [2.45, 2.75) is 20.0 Å². The minimum absolute atomic E-state index is 0.00499. The summed E-state index contributed by atoms with van der Waals surface area (Å²) in [6.07, 6.45) is 1.45. The number of aromatic nitrogens is 1. The van der Waals surface area contributed by atoms with E-state index in [1.165, 1.54) is 12.1 Å². The maximum atomic E-state index is 13.5. The second kappa shape index (κ2) is 8.85. The fourth-order valence-corrected chi connectivity index (χ4v) is 3.26. The third-order valence-corrected chi connectivity index (χ3v) is 4.69. The molecule has 0 amide bonds. The molecule has 0 atom stereocenters. The number of nitro benzene ring substituents is 1. The van der Waals surface area contributed by atoms with Gasteiger partial charge in [-0.15, -0.1) is 0 Å². The summed E-state index contributed by atoms with van der Waals surface area (Å²) in [6.45, 7) is 3.83. The highest BCUT2D eigenvalue weighted by atomic mass is 16.6. The first kappa shape index (κ1) is 21.0. The van der Waals surface area contributed by atoms with Crippen molar-refractivity contribution < 1.29 is 18.9 Å². The number of benzene rings is 3. The lowest BCUT2D eigenvalue weighted by atomic mass is 10.00. The third-order valence-electron chi connectivity index (χ3n) is 4.69. The van der Waals surface area contributed by atoms with Gasteiger partial charge in [0.1, 0.15) is 11.3 Å². The monoisotopic (exact) mass is 428 g/mol. The van der Waals surface area contributed by atoms with Crippen LogP contribution in [0.5, 0.6) is 5.75 Å². The van der Waals surface area contributed by atoms with Crippen LogP contribution in [-0.2, 0) is 0 Å². The second-order valence-electron chi connectivity index (χ2n) is 7.38. The molecule has 0 spiro atoms. The van der Waals surface area contributed by atoms with Crippen LogP contribution in [0.3, 0.4) is 0 Å². The molecule has 1 heterocycles. The van der Waals surface area contributed by atoms with Gasteiger partial charge < -0.3 is 9.15 Å². The van der Waals surface area contributed by atoms with Crippen LogP contribution in [0, 0.1) is 10.1 Å². The summed E-state index contributed by atoms with van der Waals surface area (Å²) in [7, 11) is 0. The van der Waals surface area contributed by atoms with Gasteiger partial charge in [0.25, 0.3) is 5.69 Å². The summed E-state index contributed by atoms with van der Waals surface area (Å²) in [4.78, 5) is 28.9. The number of ketones is 1. The first-order valence-corrected chi connectivity index (χ1v) is 10.0. The summed E-state index contributed by atoms with van der Waals surface area (Å²) in [5.74, 6) is 0.366. The highest BCUT2D eigenvalue weighted by molar-refractivity contribution is 6.31. The standard InChI is InChI=1S/C25H20N2O5/c1-16(2)31-19-13-11-17(12-14-19)24(28)20(15-18-7-3-5-9-22(18)27(29)30)25-26-21-8-4-6-10-23(21)32-25/h3-16H,1-2H3/b20-15-. The molecule has 7 nitrogen and oxygen atoms in total. The fourth-order valence-electron chi connectivity index (χ4n) is 3.26. The lowest BCUT2D eigenvalue weighted by Gasteiger charge is -2.10. The van der Waals surface area contributed by atoms with E-state index in [1.54, 1.807) is 60.7 Å². The normalized spacial score (nSPS) is 11.7. The summed E-state index contributed by atoms with van der Waals surface area (Å²) < 4.78 is 11.5. The van der Waals surface area contributed by atoms with Crippen molar-refractivity contribution in [1.29, 1.82) is 0 Å². The number of hydrogen-bond donors (Lipinski definition) is 0. The molecule has 0 aliphatic heterocycles. The molecule has 3 aromatic carbocycles. The van der Waals surface area contributed by atoms with Crippen molar-refractivity contribution in [2.75, 3.05) is 0 Å². The quantitative estimate of drug-likeness (QED) is 0.156. The fraction of sp³-hybridized carbons (Fsp3) is 0.120. The topological polar surface area (TPSA) is 95.5 Å². The molecule has 0 radical (unpaired) electrons. The van der Waals surface area contributed by atoms with E-state index < -0.39 is 4.92 Å². The maximum Gasteiger partial charge on any atom is 0.276 e. The molecular weight excluding hydrogens is 408 g/mol. The smallest absolute Gasteiger partial charge is 0.276 e. The first-order chi connectivity index (χ1) is 15.4. The van der Waals surface area contributed by atoms with Gasteiger partial charge in [-0.1, -0.05) is 24.3 Å². The molecule has 160 valence electrons. The minimum atomic E-state index is -0.488. The molecule has 0 bridgehead atoms. The molecular formula is C25H20N2O5. The Morgan fingerprint density at radius 1 is 1.03 bits per heavy atom. The number of nitrogens with zero attached hydrogens (tertiary/aromatic N) is 2. The highest BCUT2D eigenvalue weighted by Gasteiger charge is 2.22. The van der Waals surface area contributed by atoms with Crippen LogP contribution in [0.25, 0.3) is 22.7 Å². The van der Waals surface area contributed by atoms with E-state index >= 15 is 0 Å². The molecule has 0 N–H and O–H groups in total. The van der Waals surface area contributed by atoms with Crippen LogP contribution in [0.4, 0.5) is 5.69 Å². The van der Waals surface area contributed by atoms with Gasteiger partial charge in [-0.25, -0.2) is 4.98 Å². The van der Waals surface area contributed by atoms with Crippen molar-refractivity contribution in [3.63, 3.8) is 0 Å². The highest BCUT2D eigenvalue weighted by Crippen LogP contribution is 2.29. The third kappa shape index (κ3) is 4.41. The molecule has 7 heteroatoms. The average Bonchev–Trinajstić information content (AvgIpc) is 3.21. The Labute approximate surface area is 184 Å². The van der Waals surface area contributed by atoms with E-state index in [2.05, 4.69) is 4.98 Å². The number of nitro groups is 1. The van der Waals surface area contributed by atoms with Gasteiger partial charge in [-0.05, 0) is 62.4 Å². The van der Waals surface area contributed by atoms with Crippen LogP contribution in [-0.4, -0.2) is 21.8 Å². The van der Waals surface area contributed by atoms with E-state index in [0.717, 1.165) is 0 Å². The number of hydrogen-bond acceptors (Lipinski definition) is 6. The summed E-state index contributed by atoms with van der Waals surface area (Å²) in [5, 5.41) is 11.5. The summed E-state index contributed by atoms with van der Waals surface area (Å²) in [6, 6.07) is 20.1. The van der Waals surface area contributed by atoms with Gasteiger partial charge in [-0.3, -0.25) is 14.9 Å². The molecule has 1 aromatic heterocycles. The Bertz CT molecular complexity index is 1290. The second-order valence-corrected chi connectivity index (χ2v) is 7.38. The van der Waals surface area contributed by atoms with Gasteiger partial charge in [0.15, 0.2) is 11.4 Å². The van der Waals surface area contributed by atoms with Crippen LogP contribution in [0.15, 0.2) is 77.2 Å². The first-order valence-electron chi connectivity index (χ1n) is 10.0. The van der Waals surface area contributed by atoms with E-state index in [4.69, 9.17) is 9.15 Å². The van der Waals surface area contributed by atoms with E-state index in [-0.39, 0.29) is 34.6 Å². The van der Waals surface area contributed by atoms with Crippen molar-refractivity contribution in [1.82, 2.24) is 4.98 Å². The Balaban J connectivity index is 1.82. The number of rotatable bonds is 7. The zero-order valence-corrected chi connectivity index (χ0v) is 17.5. The van der Waals surface area contributed by atoms with Crippen molar-refractivity contribution >= 4 is 34.2 Å². The molecule has 0 unspecified atom stereocenters. The lowest BCUT2D eigenvalue weighted by molar-refractivity contribution is -0.385. The lowest BCUT2D eigenvalue weighted by Crippen LogP contribution is -2.07.